The molecule has 1 aliphatic heterocycles. The van der Waals surface area contributed by atoms with Crippen LogP contribution in [0.5, 0.6) is 11.5 Å². The van der Waals surface area contributed by atoms with Crippen molar-refractivity contribution in [1.82, 2.24) is 20.2 Å². The first-order chi connectivity index (χ1) is 17.2. The molecule has 2 amide bonds. The van der Waals surface area contributed by atoms with E-state index >= 15 is 0 Å². The number of aromatic nitrogens is 2. The first kappa shape index (κ1) is 25.5. The summed E-state index contributed by atoms with van der Waals surface area (Å²) in [5.74, 6) is 0.880. The molecule has 0 aliphatic carbocycles. The molecule has 3 aromatic rings. The first-order valence-electron chi connectivity index (χ1n) is 11.1. The number of carbonyl (C=O) groups is 2. The topological polar surface area (TPSA) is 106 Å². The largest absolute Gasteiger partial charge is 0.495 e. The summed E-state index contributed by atoms with van der Waals surface area (Å²) in [6.07, 6.45) is 2.89. The third-order valence-corrected chi connectivity index (χ3v) is 6.79. The molecule has 2 aromatic carbocycles. The van der Waals surface area contributed by atoms with Gasteiger partial charge < -0.3 is 25.0 Å². The third kappa shape index (κ3) is 5.03. The second-order valence-corrected chi connectivity index (χ2v) is 9.00. The van der Waals surface area contributed by atoms with Crippen molar-refractivity contribution in [2.24, 2.45) is 0 Å². The van der Waals surface area contributed by atoms with E-state index in [4.69, 9.17) is 32.7 Å². The van der Waals surface area contributed by atoms with Gasteiger partial charge in [-0.15, -0.1) is 0 Å². The zero-order chi connectivity index (χ0) is 26.0. The lowest BCUT2D eigenvalue weighted by Crippen LogP contribution is -2.45. The lowest BCUT2D eigenvalue weighted by molar-refractivity contribution is -0.128. The van der Waals surface area contributed by atoms with Crippen molar-refractivity contribution in [3.8, 4) is 22.6 Å². The Morgan fingerprint density at radius 3 is 2.39 bits per heavy atom. The predicted octanol–water partition coefficient (Wildman–Crippen LogP) is 3.93. The number of methoxy groups -OCH3 is 2. The Hall–Kier alpha value is -3.56. The second-order valence-electron chi connectivity index (χ2n) is 8.25. The third-order valence-electron chi connectivity index (χ3n) is 6.03. The average molecular weight is 530 g/mol. The Labute approximate surface area is 218 Å². The van der Waals surface area contributed by atoms with E-state index in [1.165, 1.54) is 27.2 Å². The van der Waals surface area contributed by atoms with Crippen LogP contribution in [0.3, 0.4) is 0 Å². The van der Waals surface area contributed by atoms with Crippen molar-refractivity contribution < 1.29 is 19.1 Å². The van der Waals surface area contributed by atoms with Crippen molar-refractivity contribution >= 4 is 51.9 Å². The number of halogens is 2. The van der Waals surface area contributed by atoms with Gasteiger partial charge in [-0.05, 0) is 23.8 Å². The summed E-state index contributed by atoms with van der Waals surface area (Å²) in [6, 6.07) is 6.63. The predicted molar refractivity (Wildman–Crippen MR) is 140 cm³/mol. The molecule has 1 saturated heterocycles. The fourth-order valence-electron chi connectivity index (χ4n) is 4.16. The summed E-state index contributed by atoms with van der Waals surface area (Å²) in [7, 11) is 3.04. The minimum Gasteiger partial charge on any atom is -0.495 e. The van der Waals surface area contributed by atoms with Crippen molar-refractivity contribution in [2.75, 3.05) is 32.6 Å². The smallest absolute Gasteiger partial charge is 0.243 e. The molecule has 2 N–H and O–H groups in total. The van der Waals surface area contributed by atoms with Gasteiger partial charge in [-0.1, -0.05) is 35.8 Å². The molecule has 2 atom stereocenters. The first-order valence-corrected chi connectivity index (χ1v) is 11.8. The van der Waals surface area contributed by atoms with Crippen LogP contribution in [0.25, 0.3) is 22.0 Å². The van der Waals surface area contributed by atoms with Gasteiger partial charge in [-0.3, -0.25) is 9.59 Å². The van der Waals surface area contributed by atoms with Gasteiger partial charge in [0.2, 0.25) is 17.8 Å². The van der Waals surface area contributed by atoms with Gasteiger partial charge in [0.05, 0.1) is 41.9 Å². The van der Waals surface area contributed by atoms with Crippen molar-refractivity contribution in [3.05, 3.63) is 53.2 Å². The molecule has 0 saturated carbocycles. The Morgan fingerprint density at radius 2 is 1.78 bits per heavy atom. The number of ether oxygens (including phenoxy) is 2. The van der Waals surface area contributed by atoms with Gasteiger partial charge in [-0.2, -0.15) is 0 Å². The van der Waals surface area contributed by atoms with Crippen molar-refractivity contribution in [3.63, 3.8) is 0 Å². The van der Waals surface area contributed by atoms with Crippen molar-refractivity contribution in [2.45, 2.75) is 19.0 Å². The van der Waals surface area contributed by atoms with Crippen LogP contribution in [-0.2, 0) is 9.59 Å². The SMILES string of the molecule is C=CC(=O)N[C@H]1CN(C(C)=O)C[C@H]1Nc1ncc2cc(-c3c(Cl)c(OC)cc(OC)c3Cl)ccc2n1. The van der Waals surface area contributed by atoms with Gasteiger partial charge in [0, 0.05) is 43.2 Å². The zero-order valence-electron chi connectivity index (χ0n) is 20.0. The number of amides is 2. The van der Waals surface area contributed by atoms with E-state index in [1.54, 1.807) is 17.2 Å². The van der Waals surface area contributed by atoms with Crippen LogP contribution in [0.1, 0.15) is 6.92 Å². The molecule has 1 fully saturated rings. The van der Waals surface area contributed by atoms with Crippen LogP contribution in [0.2, 0.25) is 10.0 Å². The quantitative estimate of drug-likeness (QED) is 0.446. The van der Waals surface area contributed by atoms with Crippen LogP contribution in [0, 0.1) is 0 Å². The zero-order valence-corrected chi connectivity index (χ0v) is 21.5. The molecule has 0 bridgehead atoms. The number of likely N-dealkylation sites (tertiary alicyclic amines) is 1. The highest BCUT2D eigenvalue weighted by molar-refractivity contribution is 6.41. The lowest BCUT2D eigenvalue weighted by atomic mass is 10.0. The number of anilines is 1. The molecule has 11 heteroatoms. The van der Waals surface area contributed by atoms with E-state index in [0.29, 0.717) is 51.7 Å². The highest BCUT2D eigenvalue weighted by Gasteiger charge is 2.35. The molecule has 9 nitrogen and oxygen atoms in total. The van der Waals surface area contributed by atoms with Gasteiger partial charge in [-0.25, -0.2) is 9.97 Å². The minimum atomic E-state index is -0.312. The van der Waals surface area contributed by atoms with Gasteiger partial charge in [0.25, 0.3) is 0 Å². The maximum absolute atomic E-state index is 11.9. The van der Waals surface area contributed by atoms with E-state index in [1.807, 2.05) is 18.2 Å². The van der Waals surface area contributed by atoms with Crippen LogP contribution in [-0.4, -0.2) is 66.1 Å². The molecule has 1 aromatic heterocycles. The molecule has 0 unspecified atom stereocenters. The second kappa shape index (κ2) is 10.6. The summed E-state index contributed by atoms with van der Waals surface area (Å²) in [4.78, 5) is 34.5. The number of nitrogens with one attached hydrogen (secondary N) is 2. The van der Waals surface area contributed by atoms with Gasteiger partial charge >= 0.3 is 0 Å². The van der Waals surface area contributed by atoms with E-state index in [2.05, 4.69) is 27.2 Å². The van der Waals surface area contributed by atoms with Crippen LogP contribution >= 0.6 is 23.2 Å². The molecular formula is C25H25Cl2N5O4. The number of nitrogens with zero attached hydrogens (tertiary/aromatic N) is 3. The highest BCUT2D eigenvalue weighted by Crippen LogP contribution is 2.46. The van der Waals surface area contributed by atoms with E-state index in [-0.39, 0.29) is 23.9 Å². The minimum absolute atomic E-state index is 0.0735. The maximum atomic E-state index is 11.9. The highest BCUT2D eigenvalue weighted by atomic mass is 35.5. The number of carbonyl (C=O) groups excluding carboxylic acids is 2. The van der Waals surface area contributed by atoms with Crippen LogP contribution < -0.4 is 20.1 Å². The maximum Gasteiger partial charge on any atom is 0.243 e. The lowest BCUT2D eigenvalue weighted by Gasteiger charge is -2.20. The van der Waals surface area contributed by atoms with Crippen LogP contribution in [0.15, 0.2) is 43.1 Å². The summed E-state index contributed by atoms with van der Waals surface area (Å²) in [5, 5.41) is 7.61. The summed E-state index contributed by atoms with van der Waals surface area (Å²) in [5.41, 5.74) is 2.01. The number of hydrogen-bond donors (Lipinski definition) is 2. The number of hydrogen-bond acceptors (Lipinski definition) is 7. The number of benzene rings is 2. The number of rotatable bonds is 7. The Bertz CT molecular complexity index is 1320. The van der Waals surface area contributed by atoms with Gasteiger partial charge in [0.1, 0.15) is 11.5 Å². The molecule has 0 spiro atoms. The normalized spacial score (nSPS) is 17.1. The average Bonchev–Trinajstić information content (AvgIpc) is 3.26. The Kier molecular flexibility index (Phi) is 7.51. The summed E-state index contributed by atoms with van der Waals surface area (Å²) in [6.45, 7) is 5.78. The van der Waals surface area contributed by atoms with Gasteiger partial charge in [0.15, 0.2) is 0 Å². The van der Waals surface area contributed by atoms with E-state index in [0.717, 1.165) is 10.9 Å². The Morgan fingerprint density at radius 1 is 1.11 bits per heavy atom. The fourth-order valence-corrected chi connectivity index (χ4v) is 4.88. The van der Waals surface area contributed by atoms with Crippen LogP contribution in [0.4, 0.5) is 5.95 Å². The standard InChI is InChI=1S/C25H25Cl2N5O4/c1-5-21(34)29-17-11-32(13(2)33)12-18(17)31-25-28-10-15-8-14(6-7-16(15)30-25)22-23(26)19(35-3)9-20(36-4)24(22)27/h5-10,17-18H,1,11-12H2,2-4H3,(H,29,34)(H,28,30,31)/t17-,18+/m0/s1. The van der Waals surface area contributed by atoms with E-state index < -0.39 is 0 Å². The molecule has 188 valence electrons. The van der Waals surface area contributed by atoms with Crippen molar-refractivity contribution in [1.29, 1.82) is 0 Å². The molecule has 1 aliphatic rings. The molecule has 0 radical (unpaired) electrons. The molecule has 4 rings (SSSR count). The number of fused-ring (bicyclic) bond motifs is 1. The monoisotopic (exact) mass is 529 g/mol. The Balaban J connectivity index is 1.64. The summed E-state index contributed by atoms with van der Waals surface area (Å²) < 4.78 is 10.7. The fraction of sp³-hybridized carbons (Fsp3) is 0.280. The summed E-state index contributed by atoms with van der Waals surface area (Å²) >= 11 is 13.1. The molecule has 2 heterocycles. The molecular weight excluding hydrogens is 505 g/mol. The molecule has 36 heavy (non-hydrogen) atoms. The van der Waals surface area contributed by atoms with E-state index in [9.17, 15) is 9.59 Å².